The number of aliphatic hydroxyl groups excluding tert-OH is 1. The first kappa shape index (κ1) is 84.8. The van der Waals surface area contributed by atoms with Crippen molar-refractivity contribution < 1.29 is 62.6 Å². The second-order valence-electron chi connectivity index (χ2n) is 28.8. The Bertz CT molecular complexity index is 2540. The lowest BCUT2D eigenvalue weighted by atomic mass is 9.91. The van der Waals surface area contributed by atoms with Crippen LogP contribution < -0.4 is 21.3 Å². The number of hydrogen-bond donors (Lipinski definition) is 5. The molecule has 0 radical (unpaired) electrons. The van der Waals surface area contributed by atoms with Crippen molar-refractivity contribution in [2.45, 2.75) is 247 Å². The monoisotopic (exact) mass is 1320 g/mol. The predicted octanol–water partition coefficient (Wildman–Crippen LogP) is 3.75. The molecule has 13 atom stereocenters. The molecule has 0 unspecified atom stereocenters. The highest BCUT2D eigenvalue weighted by Gasteiger charge is 2.47. The van der Waals surface area contributed by atoms with Gasteiger partial charge in [-0.25, -0.2) is 0 Å². The zero-order valence-corrected chi connectivity index (χ0v) is 61.8. The van der Waals surface area contributed by atoms with Gasteiger partial charge in [-0.1, -0.05) is 95.2 Å². The fraction of sp³-hybridized carbons (Fsp3) is 0.809. The minimum absolute atomic E-state index is 0.00580. The summed E-state index contributed by atoms with van der Waals surface area (Å²) in [5.74, 6) is -9.89. The number of allylic oxidation sites excluding steroid dienone is 2. The van der Waals surface area contributed by atoms with E-state index in [1.54, 1.807) is 68.4 Å². The van der Waals surface area contributed by atoms with Crippen LogP contribution >= 0.6 is 0 Å². The quantitative estimate of drug-likeness (QED) is 0.109. The standard InChI is InChI=1S/C68H124N12O13/c1-28-30-32-44(13)56(81)55-60(85)71-47(29-2)62(87)74(20)48(33-31-34-73(18)19)63(88)78(24)52(38-68(16,17)93-27)59(84)72-53(42(9)10)66(91)75(21)49(35-39(3)4)58(83)69-45(14)57(82)70-46(15)61(86)76(22)50(36-40(5)6)64(89)77(23)51(37-41(7)8)65(90)79(25)54(43(11)12)67(92)80(55)26/h28,30,39-56,81H,29,31-38H2,1-27H3,(H,69,83)(H,70,82)(H,71,85)(H,72,84)/b30-28+/t44-,45+,46-,47+,48-,49+,50+,51+,52+,53+,54+,55+,56-/m1/s1. The van der Waals surface area contributed by atoms with Gasteiger partial charge in [0.15, 0.2) is 0 Å². The Labute approximate surface area is 557 Å². The number of nitrogens with zero attached hydrogens (tertiary/aromatic N) is 8. The van der Waals surface area contributed by atoms with Crippen LogP contribution in [-0.4, -0.2) is 265 Å². The number of methoxy groups -OCH3 is 1. The zero-order valence-electron chi connectivity index (χ0n) is 61.8. The maximum atomic E-state index is 15.4. The number of hydrogen-bond acceptors (Lipinski definition) is 14. The van der Waals surface area contributed by atoms with Crippen LogP contribution in [0.3, 0.4) is 0 Å². The van der Waals surface area contributed by atoms with Crippen LogP contribution in [0.2, 0.25) is 0 Å². The van der Waals surface area contributed by atoms with Crippen LogP contribution in [0.25, 0.3) is 0 Å². The summed E-state index contributed by atoms with van der Waals surface area (Å²) in [6.45, 7) is 30.2. The van der Waals surface area contributed by atoms with Gasteiger partial charge >= 0.3 is 0 Å². The molecule has 93 heavy (non-hydrogen) atoms. The zero-order chi connectivity index (χ0) is 72.2. The third-order valence-electron chi connectivity index (χ3n) is 18.0. The Morgan fingerprint density at radius 1 is 0.516 bits per heavy atom. The highest BCUT2D eigenvalue weighted by molar-refractivity contribution is 6.00. The Morgan fingerprint density at radius 3 is 1.41 bits per heavy atom. The summed E-state index contributed by atoms with van der Waals surface area (Å²) in [5, 5.41) is 23.4. The highest BCUT2D eigenvalue weighted by atomic mass is 16.5. The van der Waals surface area contributed by atoms with Gasteiger partial charge in [0, 0.05) is 62.9 Å². The summed E-state index contributed by atoms with van der Waals surface area (Å²) in [7, 11) is 15.2. The van der Waals surface area contributed by atoms with Crippen molar-refractivity contribution in [1.82, 2.24) is 60.5 Å². The average molecular weight is 1320 g/mol. The molecule has 0 spiro atoms. The molecule has 0 aliphatic carbocycles. The molecule has 0 saturated carbocycles. The lowest BCUT2D eigenvalue weighted by Crippen LogP contribution is -2.64. The largest absolute Gasteiger partial charge is 0.390 e. The van der Waals surface area contributed by atoms with E-state index in [1.807, 2.05) is 66.6 Å². The number of aliphatic hydroxyl groups is 1. The van der Waals surface area contributed by atoms with E-state index in [-0.39, 0.29) is 56.3 Å². The molecule has 0 aromatic rings. The second kappa shape index (κ2) is 38.4. The molecule has 1 fully saturated rings. The van der Waals surface area contributed by atoms with Gasteiger partial charge in [0.2, 0.25) is 65.0 Å². The van der Waals surface area contributed by atoms with Crippen molar-refractivity contribution in [2.24, 2.45) is 35.5 Å². The molecule has 1 saturated heterocycles. The third kappa shape index (κ3) is 24.2. The average Bonchev–Trinajstić information content (AvgIpc) is 0.816. The first-order valence-corrected chi connectivity index (χ1v) is 33.5. The molecule has 5 N–H and O–H groups in total. The number of ether oxygens (including phenoxy) is 1. The van der Waals surface area contributed by atoms with Crippen LogP contribution in [0.5, 0.6) is 0 Å². The van der Waals surface area contributed by atoms with Crippen LogP contribution in [0, 0.1) is 35.5 Å². The van der Waals surface area contributed by atoms with Gasteiger partial charge in [-0.15, -0.1) is 0 Å². The van der Waals surface area contributed by atoms with E-state index in [9.17, 15) is 24.3 Å². The van der Waals surface area contributed by atoms with Gasteiger partial charge in [-0.2, -0.15) is 0 Å². The molecule has 0 bridgehead atoms. The van der Waals surface area contributed by atoms with Crippen LogP contribution in [0.4, 0.5) is 0 Å². The summed E-state index contributed by atoms with van der Waals surface area (Å²) < 4.78 is 5.82. The van der Waals surface area contributed by atoms with E-state index >= 15 is 33.6 Å². The number of amides is 11. The Morgan fingerprint density at radius 2 is 0.946 bits per heavy atom. The fourth-order valence-corrected chi connectivity index (χ4v) is 11.8. The smallest absolute Gasteiger partial charge is 0.246 e. The van der Waals surface area contributed by atoms with Crippen molar-refractivity contribution >= 4 is 65.0 Å². The topological polar surface area (TPSA) is 291 Å². The van der Waals surface area contributed by atoms with Gasteiger partial charge in [-0.05, 0) is 136 Å². The molecule has 1 aliphatic rings. The second-order valence-corrected chi connectivity index (χ2v) is 28.8. The van der Waals surface area contributed by atoms with Crippen molar-refractivity contribution in [1.29, 1.82) is 0 Å². The molecule has 1 heterocycles. The first-order chi connectivity index (χ1) is 42.9. The number of likely N-dealkylation sites (N-methyl/N-ethyl adjacent to an activating group) is 7. The highest BCUT2D eigenvalue weighted by Crippen LogP contribution is 2.27. The summed E-state index contributed by atoms with van der Waals surface area (Å²) in [5.41, 5.74) is -1.04. The van der Waals surface area contributed by atoms with Gasteiger partial charge in [0.05, 0.1) is 11.7 Å². The summed E-state index contributed by atoms with van der Waals surface area (Å²) in [6.07, 6.45) is 3.21. The minimum Gasteiger partial charge on any atom is -0.390 e. The Kier molecular flexibility index (Phi) is 35.0. The van der Waals surface area contributed by atoms with Gasteiger partial charge in [0.1, 0.15) is 66.5 Å². The molecule has 534 valence electrons. The predicted molar refractivity (Wildman–Crippen MR) is 361 cm³/mol. The van der Waals surface area contributed by atoms with Gasteiger partial charge in [-0.3, -0.25) is 52.7 Å². The summed E-state index contributed by atoms with van der Waals surface area (Å²) >= 11 is 0. The van der Waals surface area contributed by atoms with E-state index in [4.69, 9.17) is 4.74 Å². The lowest BCUT2D eigenvalue weighted by molar-refractivity contribution is -0.157. The Balaban J connectivity index is 4.58. The Hall–Kier alpha value is -6.21. The van der Waals surface area contributed by atoms with Crippen molar-refractivity contribution in [3.05, 3.63) is 12.2 Å². The maximum Gasteiger partial charge on any atom is 0.246 e. The maximum absolute atomic E-state index is 15.4. The molecular weight excluding hydrogens is 1190 g/mol. The van der Waals surface area contributed by atoms with E-state index in [0.717, 1.165) is 4.90 Å². The van der Waals surface area contributed by atoms with E-state index in [0.29, 0.717) is 19.4 Å². The lowest BCUT2D eigenvalue weighted by Gasteiger charge is -2.41. The molecule has 0 aromatic carbocycles. The summed E-state index contributed by atoms with van der Waals surface area (Å²) in [6, 6.07) is -14.0. The first-order valence-electron chi connectivity index (χ1n) is 33.5. The molecular formula is C68H124N12O13. The van der Waals surface area contributed by atoms with E-state index in [2.05, 4.69) is 21.3 Å². The SMILES string of the molecule is C/C=C/C[C@@H](C)[C@@H](O)[C@H]1C(=O)N[C@@H](CC)C(=O)N(C)[C@H](CCCN(C)C)C(=O)N(C)[C@@H](CC(C)(C)OC)C(=O)N[C@@H](C(C)C)C(=O)N(C)[C@@H](CC(C)C)C(=O)N[C@@H](C)C(=O)N[C@H](C)C(=O)N(C)[C@@H](CC(C)C)C(=O)N(C)[C@@H](CC(C)C)C(=O)N(C)[C@@H](C(C)C)C(=O)N1C. The molecule has 0 aromatic heterocycles. The van der Waals surface area contributed by atoms with Crippen LogP contribution in [-0.2, 0) is 57.5 Å². The van der Waals surface area contributed by atoms with E-state index < -0.39 is 161 Å². The third-order valence-corrected chi connectivity index (χ3v) is 18.0. The number of rotatable bonds is 20. The van der Waals surface area contributed by atoms with Crippen molar-refractivity contribution in [2.75, 3.05) is 77.1 Å². The van der Waals surface area contributed by atoms with Gasteiger partial charge < -0.3 is 70.3 Å². The summed E-state index contributed by atoms with van der Waals surface area (Å²) in [4.78, 5) is 175. The van der Waals surface area contributed by atoms with Crippen LogP contribution in [0.15, 0.2) is 12.2 Å². The molecule has 1 aliphatic heterocycles. The normalized spacial score (nSPS) is 26.6. The molecule has 1 rings (SSSR count). The molecule has 25 nitrogen and oxygen atoms in total. The van der Waals surface area contributed by atoms with Crippen molar-refractivity contribution in [3.63, 3.8) is 0 Å². The number of carbonyl (C=O) groups excluding carboxylic acids is 11. The fourth-order valence-electron chi connectivity index (χ4n) is 11.8. The molecule has 11 amide bonds. The number of carbonyl (C=O) groups is 11. The van der Waals surface area contributed by atoms with E-state index in [1.165, 1.54) is 99.7 Å². The minimum atomic E-state index is -1.64. The number of nitrogens with one attached hydrogen (secondary N) is 4. The van der Waals surface area contributed by atoms with Crippen molar-refractivity contribution in [3.8, 4) is 0 Å². The van der Waals surface area contributed by atoms with Gasteiger partial charge in [0.25, 0.3) is 0 Å². The van der Waals surface area contributed by atoms with Crippen LogP contribution in [0.1, 0.15) is 169 Å². The molecule has 25 heteroatoms.